The molecule has 1 aliphatic heterocycles. The normalized spacial score (nSPS) is 12.5. The quantitative estimate of drug-likeness (QED) is 0.349. The van der Waals surface area contributed by atoms with Crippen LogP contribution in [-0.2, 0) is 16.0 Å². The van der Waals surface area contributed by atoms with Gasteiger partial charge in [0.15, 0.2) is 6.61 Å². The second-order valence-electron chi connectivity index (χ2n) is 8.92. The van der Waals surface area contributed by atoms with Crippen LogP contribution in [0.5, 0.6) is 0 Å². The van der Waals surface area contributed by atoms with Crippen LogP contribution >= 0.6 is 0 Å². The van der Waals surface area contributed by atoms with Gasteiger partial charge in [-0.05, 0) is 74.2 Å². The summed E-state index contributed by atoms with van der Waals surface area (Å²) in [5, 5.41) is 2.70. The van der Waals surface area contributed by atoms with Gasteiger partial charge in [-0.2, -0.15) is 0 Å². The number of aryl methyl sites for hydroxylation is 3. The fraction of sp³-hybridized carbons (Fsp3) is 0.241. The molecular weight excluding hydrogens is 456 g/mol. The summed E-state index contributed by atoms with van der Waals surface area (Å²) in [6, 6.07) is 17.2. The lowest BCUT2D eigenvalue weighted by Crippen LogP contribution is -2.30. The minimum atomic E-state index is -0.756. The number of ether oxygens (including phenoxy) is 1. The van der Waals surface area contributed by atoms with E-state index in [0.717, 1.165) is 35.3 Å². The minimum absolute atomic E-state index is 0.0884. The molecule has 0 saturated heterocycles. The Bertz CT molecular complexity index is 1340. The van der Waals surface area contributed by atoms with Crippen LogP contribution in [-0.4, -0.2) is 30.3 Å². The van der Waals surface area contributed by atoms with Crippen molar-refractivity contribution in [3.8, 4) is 0 Å². The predicted molar refractivity (Wildman–Crippen MR) is 137 cm³/mol. The first-order valence-corrected chi connectivity index (χ1v) is 11.9. The van der Waals surface area contributed by atoms with E-state index in [4.69, 9.17) is 4.74 Å². The number of carbonyl (C=O) groups is 4. The van der Waals surface area contributed by atoms with Gasteiger partial charge < -0.3 is 10.1 Å². The summed E-state index contributed by atoms with van der Waals surface area (Å²) >= 11 is 0. The Balaban J connectivity index is 1.39. The van der Waals surface area contributed by atoms with Gasteiger partial charge in [0.1, 0.15) is 0 Å². The Kier molecular flexibility index (Phi) is 7.29. The number of carbonyl (C=O) groups excluding carboxylic acids is 4. The number of nitrogens with one attached hydrogen (secondary N) is 1. The lowest BCUT2D eigenvalue weighted by Gasteiger charge is -2.16. The maximum absolute atomic E-state index is 13.1. The van der Waals surface area contributed by atoms with Crippen molar-refractivity contribution in [2.75, 3.05) is 16.8 Å². The van der Waals surface area contributed by atoms with E-state index in [0.29, 0.717) is 11.4 Å². The van der Waals surface area contributed by atoms with Crippen molar-refractivity contribution in [2.45, 2.75) is 40.0 Å². The van der Waals surface area contributed by atoms with Crippen LogP contribution in [0.2, 0.25) is 0 Å². The highest BCUT2D eigenvalue weighted by Gasteiger charge is 2.37. The fourth-order valence-electron chi connectivity index (χ4n) is 4.19. The molecule has 1 N–H and O–H groups in total. The van der Waals surface area contributed by atoms with E-state index in [1.165, 1.54) is 23.8 Å². The number of hydrogen-bond acceptors (Lipinski definition) is 5. The molecule has 36 heavy (non-hydrogen) atoms. The molecule has 0 spiro atoms. The van der Waals surface area contributed by atoms with E-state index in [1.807, 2.05) is 50.2 Å². The molecule has 1 heterocycles. The molecule has 1 aliphatic rings. The number of fused-ring (bicyclic) bond motifs is 1. The van der Waals surface area contributed by atoms with Crippen LogP contribution in [0.25, 0.3) is 0 Å². The summed E-state index contributed by atoms with van der Waals surface area (Å²) in [5.74, 6) is -2.18. The zero-order chi connectivity index (χ0) is 25.8. The fourth-order valence-corrected chi connectivity index (χ4v) is 4.19. The molecule has 184 valence electrons. The molecule has 3 amide bonds. The highest BCUT2D eigenvalue weighted by atomic mass is 16.5. The molecule has 3 aromatic carbocycles. The standard InChI is InChI=1S/C29H28N2O5/c1-4-5-6-20-8-11-22(12-9-20)30-26(32)17-36-29(35)21-10-13-23-24(16-21)28(34)31(27(23)33)25-14-7-18(2)15-19(25)3/h7-16H,4-6,17H2,1-3H3,(H,30,32). The minimum Gasteiger partial charge on any atom is -0.452 e. The third-order valence-corrected chi connectivity index (χ3v) is 6.11. The largest absolute Gasteiger partial charge is 0.452 e. The lowest BCUT2D eigenvalue weighted by atomic mass is 10.1. The third-order valence-electron chi connectivity index (χ3n) is 6.11. The predicted octanol–water partition coefficient (Wildman–Crippen LogP) is 5.24. The van der Waals surface area contributed by atoms with Gasteiger partial charge in [0.05, 0.1) is 22.4 Å². The van der Waals surface area contributed by atoms with Gasteiger partial charge in [-0.15, -0.1) is 0 Å². The smallest absolute Gasteiger partial charge is 0.338 e. The molecule has 0 fully saturated rings. The van der Waals surface area contributed by atoms with Crippen LogP contribution in [0.15, 0.2) is 60.7 Å². The first kappa shape index (κ1) is 24.9. The molecule has 0 bridgehead atoms. The average Bonchev–Trinajstić information content (AvgIpc) is 3.11. The molecular formula is C29H28N2O5. The van der Waals surface area contributed by atoms with Crippen molar-refractivity contribution < 1.29 is 23.9 Å². The number of esters is 1. The summed E-state index contributed by atoms with van der Waals surface area (Å²) in [6.07, 6.45) is 3.20. The maximum atomic E-state index is 13.1. The number of unbranched alkanes of at least 4 members (excludes halogenated alkanes) is 1. The van der Waals surface area contributed by atoms with Crippen molar-refractivity contribution in [3.05, 3.63) is 94.0 Å². The monoisotopic (exact) mass is 484 g/mol. The van der Waals surface area contributed by atoms with Crippen LogP contribution in [0.4, 0.5) is 11.4 Å². The van der Waals surface area contributed by atoms with Gasteiger partial charge in [0, 0.05) is 5.69 Å². The molecule has 0 radical (unpaired) electrons. The van der Waals surface area contributed by atoms with Crippen molar-refractivity contribution >= 4 is 35.1 Å². The second kappa shape index (κ2) is 10.6. The first-order valence-electron chi connectivity index (χ1n) is 11.9. The molecule has 0 unspecified atom stereocenters. The molecule has 4 rings (SSSR count). The van der Waals surface area contributed by atoms with Gasteiger partial charge in [0.25, 0.3) is 17.7 Å². The van der Waals surface area contributed by atoms with Gasteiger partial charge >= 0.3 is 5.97 Å². The Morgan fingerprint density at radius 2 is 1.61 bits per heavy atom. The van der Waals surface area contributed by atoms with Crippen LogP contribution < -0.4 is 10.2 Å². The summed E-state index contributed by atoms with van der Waals surface area (Å²) < 4.78 is 5.14. The number of hydrogen-bond donors (Lipinski definition) is 1. The highest BCUT2D eigenvalue weighted by Crippen LogP contribution is 2.31. The van der Waals surface area contributed by atoms with Gasteiger partial charge in [-0.3, -0.25) is 14.4 Å². The number of benzene rings is 3. The number of nitrogens with zero attached hydrogens (tertiary/aromatic N) is 1. The number of amides is 3. The van der Waals surface area contributed by atoms with E-state index in [2.05, 4.69) is 12.2 Å². The molecule has 7 heteroatoms. The molecule has 0 saturated carbocycles. The van der Waals surface area contributed by atoms with Crippen molar-refractivity contribution in [2.24, 2.45) is 0 Å². The summed E-state index contributed by atoms with van der Waals surface area (Å²) in [6.45, 7) is 5.42. The van der Waals surface area contributed by atoms with Crippen molar-refractivity contribution in [3.63, 3.8) is 0 Å². The molecule has 3 aromatic rings. The van der Waals surface area contributed by atoms with Crippen LogP contribution in [0.3, 0.4) is 0 Å². The van der Waals surface area contributed by atoms with Crippen LogP contribution in [0.1, 0.15) is 67.5 Å². The molecule has 7 nitrogen and oxygen atoms in total. The van der Waals surface area contributed by atoms with E-state index in [-0.39, 0.29) is 16.7 Å². The number of imide groups is 1. The Labute approximate surface area is 210 Å². The molecule has 0 aromatic heterocycles. The number of rotatable bonds is 8. The van der Waals surface area contributed by atoms with E-state index in [9.17, 15) is 19.2 Å². The zero-order valence-corrected chi connectivity index (χ0v) is 20.6. The summed E-state index contributed by atoms with van der Waals surface area (Å²) in [7, 11) is 0. The van der Waals surface area contributed by atoms with Crippen molar-refractivity contribution in [1.29, 1.82) is 0 Å². The molecule has 0 aliphatic carbocycles. The SMILES string of the molecule is CCCCc1ccc(NC(=O)COC(=O)c2ccc3c(c2)C(=O)N(c2ccc(C)cc2C)C3=O)cc1. The Morgan fingerprint density at radius 1 is 0.889 bits per heavy atom. The van der Waals surface area contributed by atoms with Gasteiger partial charge in [0.2, 0.25) is 0 Å². The summed E-state index contributed by atoms with van der Waals surface area (Å²) in [5.41, 5.74) is 4.57. The van der Waals surface area contributed by atoms with Crippen molar-refractivity contribution in [1.82, 2.24) is 0 Å². The highest BCUT2D eigenvalue weighted by molar-refractivity contribution is 6.35. The van der Waals surface area contributed by atoms with Gasteiger partial charge in [-0.1, -0.05) is 43.2 Å². The molecule has 0 atom stereocenters. The van der Waals surface area contributed by atoms with Gasteiger partial charge in [-0.25, -0.2) is 9.69 Å². The van der Waals surface area contributed by atoms with E-state index < -0.39 is 30.3 Å². The van der Waals surface area contributed by atoms with E-state index >= 15 is 0 Å². The maximum Gasteiger partial charge on any atom is 0.338 e. The Morgan fingerprint density at radius 3 is 2.31 bits per heavy atom. The average molecular weight is 485 g/mol. The zero-order valence-electron chi connectivity index (χ0n) is 20.6. The van der Waals surface area contributed by atoms with Crippen LogP contribution in [0, 0.1) is 13.8 Å². The lowest BCUT2D eigenvalue weighted by molar-refractivity contribution is -0.119. The Hall–Kier alpha value is -4.26. The second-order valence-corrected chi connectivity index (χ2v) is 8.92. The topological polar surface area (TPSA) is 92.8 Å². The summed E-state index contributed by atoms with van der Waals surface area (Å²) in [4.78, 5) is 51.9. The third kappa shape index (κ3) is 5.20. The number of anilines is 2. The first-order chi connectivity index (χ1) is 17.3. The van der Waals surface area contributed by atoms with E-state index in [1.54, 1.807) is 6.07 Å².